The molecule has 1 N–H and O–H groups in total. The quantitative estimate of drug-likeness (QED) is 0.840. The van der Waals surface area contributed by atoms with Crippen molar-refractivity contribution in [2.75, 3.05) is 5.32 Å². The summed E-state index contributed by atoms with van der Waals surface area (Å²) in [7, 11) is 0. The van der Waals surface area contributed by atoms with Crippen LogP contribution in [0.15, 0.2) is 24.3 Å². The van der Waals surface area contributed by atoms with Gasteiger partial charge in [0.05, 0.1) is 18.1 Å². The van der Waals surface area contributed by atoms with Crippen LogP contribution in [0.4, 0.5) is 5.69 Å². The van der Waals surface area contributed by atoms with Gasteiger partial charge in [-0.15, -0.1) is 0 Å². The van der Waals surface area contributed by atoms with E-state index in [1.165, 1.54) is 0 Å². The second kappa shape index (κ2) is 6.27. The van der Waals surface area contributed by atoms with Gasteiger partial charge in [-0.05, 0) is 38.3 Å². The Morgan fingerprint density at radius 1 is 1.25 bits per heavy atom. The summed E-state index contributed by atoms with van der Waals surface area (Å²) in [6.07, 6.45) is 0.0969. The molecule has 1 amide bonds. The Labute approximate surface area is 129 Å². The average Bonchev–Trinajstić information content (AvgIpc) is 2.63. The number of nitrogens with one attached hydrogen (secondary N) is 1. The van der Waals surface area contributed by atoms with Gasteiger partial charge in [0.25, 0.3) is 0 Å². The minimum absolute atomic E-state index is 0.0337. The van der Waals surface area contributed by atoms with Gasteiger partial charge in [-0.1, -0.05) is 41.1 Å². The van der Waals surface area contributed by atoms with Gasteiger partial charge < -0.3 is 10.1 Å². The molecule has 3 nitrogen and oxygen atoms in total. The van der Waals surface area contributed by atoms with Crippen molar-refractivity contribution < 1.29 is 9.53 Å². The largest absolute Gasteiger partial charge is 0.374 e. The van der Waals surface area contributed by atoms with E-state index in [2.05, 4.69) is 35.1 Å². The highest BCUT2D eigenvalue weighted by molar-refractivity contribution is 9.09. The van der Waals surface area contributed by atoms with Gasteiger partial charge in [0.2, 0.25) is 5.91 Å². The molecule has 0 bridgehead atoms. The summed E-state index contributed by atoms with van der Waals surface area (Å²) in [5, 5.41) is 3.07. The number of para-hydroxylation sites is 1. The lowest BCUT2D eigenvalue weighted by molar-refractivity contribution is -0.121. The van der Waals surface area contributed by atoms with Gasteiger partial charge in [0, 0.05) is 10.5 Å². The summed E-state index contributed by atoms with van der Waals surface area (Å²) in [5.41, 5.74) is 1.97. The standard InChI is InChI=1S/C16H22BrNO2/c1-9-11(3)20-12(4)15(9)16(19)18-14-8-6-5-7-13(14)10(2)17/h5-12,15H,1-4H3,(H,18,19). The second-order valence-corrected chi connectivity index (χ2v) is 7.00. The summed E-state index contributed by atoms with van der Waals surface area (Å²) >= 11 is 3.56. The molecule has 2 rings (SSSR count). The van der Waals surface area contributed by atoms with Crippen molar-refractivity contribution in [3.05, 3.63) is 29.8 Å². The molecule has 1 fully saturated rings. The molecule has 110 valence electrons. The number of carbonyl (C=O) groups is 1. The van der Waals surface area contributed by atoms with E-state index in [4.69, 9.17) is 4.74 Å². The fourth-order valence-corrected chi connectivity index (χ4v) is 3.29. The SMILES string of the molecule is CC(Br)c1ccccc1NC(=O)C1C(C)OC(C)C1C. The number of hydrogen-bond acceptors (Lipinski definition) is 2. The Kier molecular flexibility index (Phi) is 4.86. The summed E-state index contributed by atoms with van der Waals surface area (Å²) in [5.74, 6) is 0.192. The fraction of sp³-hybridized carbons (Fsp3) is 0.562. The van der Waals surface area contributed by atoms with Crippen LogP contribution in [0.2, 0.25) is 0 Å². The first-order valence-corrected chi connectivity index (χ1v) is 8.02. The van der Waals surface area contributed by atoms with Gasteiger partial charge in [-0.2, -0.15) is 0 Å². The first kappa shape index (κ1) is 15.5. The zero-order chi connectivity index (χ0) is 14.9. The van der Waals surface area contributed by atoms with Gasteiger partial charge >= 0.3 is 0 Å². The third-order valence-electron chi connectivity index (χ3n) is 4.19. The molecule has 4 heteroatoms. The number of ether oxygens (including phenoxy) is 1. The minimum Gasteiger partial charge on any atom is -0.374 e. The Bertz CT molecular complexity index is 489. The molecule has 5 atom stereocenters. The van der Waals surface area contributed by atoms with Crippen molar-refractivity contribution in [2.24, 2.45) is 11.8 Å². The molecule has 20 heavy (non-hydrogen) atoms. The molecule has 0 saturated carbocycles. The lowest BCUT2D eigenvalue weighted by Crippen LogP contribution is -2.32. The van der Waals surface area contributed by atoms with Crippen LogP contribution in [0, 0.1) is 11.8 Å². The third kappa shape index (κ3) is 3.07. The molecule has 1 saturated heterocycles. The van der Waals surface area contributed by atoms with Crippen LogP contribution >= 0.6 is 15.9 Å². The van der Waals surface area contributed by atoms with Crippen LogP contribution < -0.4 is 5.32 Å². The molecule has 1 aromatic rings. The van der Waals surface area contributed by atoms with Crippen LogP contribution in [0.3, 0.4) is 0 Å². The number of carbonyl (C=O) groups excluding carboxylic acids is 1. The van der Waals surface area contributed by atoms with Crippen LogP contribution in [0.1, 0.15) is 38.1 Å². The van der Waals surface area contributed by atoms with Crippen molar-refractivity contribution in [3.63, 3.8) is 0 Å². The van der Waals surface area contributed by atoms with Crippen LogP contribution in [-0.4, -0.2) is 18.1 Å². The van der Waals surface area contributed by atoms with Crippen LogP contribution in [0.25, 0.3) is 0 Å². The Hall–Kier alpha value is -0.870. The average molecular weight is 340 g/mol. The van der Waals surface area contributed by atoms with Crippen molar-refractivity contribution in [2.45, 2.75) is 44.7 Å². The molecule has 0 spiro atoms. The Balaban J connectivity index is 2.16. The fourth-order valence-electron chi connectivity index (χ4n) is 2.89. The van der Waals surface area contributed by atoms with Crippen molar-refractivity contribution >= 4 is 27.5 Å². The van der Waals surface area contributed by atoms with Crippen molar-refractivity contribution in [3.8, 4) is 0 Å². The summed E-state index contributed by atoms with van der Waals surface area (Å²) in [6.45, 7) is 8.14. The smallest absolute Gasteiger partial charge is 0.230 e. The number of benzene rings is 1. The van der Waals surface area contributed by atoms with E-state index in [-0.39, 0.29) is 34.8 Å². The highest BCUT2D eigenvalue weighted by atomic mass is 79.9. The highest BCUT2D eigenvalue weighted by Gasteiger charge is 2.41. The van der Waals surface area contributed by atoms with E-state index in [9.17, 15) is 4.79 Å². The molecule has 0 radical (unpaired) electrons. The van der Waals surface area contributed by atoms with Gasteiger partial charge in [-0.3, -0.25) is 4.79 Å². The molecule has 1 aliphatic heterocycles. The van der Waals surface area contributed by atoms with Gasteiger partial charge in [-0.25, -0.2) is 0 Å². The predicted molar refractivity (Wildman–Crippen MR) is 85.1 cm³/mol. The maximum Gasteiger partial charge on any atom is 0.230 e. The van der Waals surface area contributed by atoms with E-state index in [1.54, 1.807) is 0 Å². The molecular formula is C16H22BrNO2. The molecule has 1 heterocycles. The monoisotopic (exact) mass is 339 g/mol. The van der Waals surface area contributed by atoms with E-state index in [0.29, 0.717) is 0 Å². The predicted octanol–water partition coefficient (Wildman–Crippen LogP) is 4.14. The van der Waals surface area contributed by atoms with Crippen LogP contribution in [0.5, 0.6) is 0 Å². The summed E-state index contributed by atoms with van der Waals surface area (Å²) in [6, 6.07) is 7.89. The number of anilines is 1. The maximum atomic E-state index is 12.5. The van der Waals surface area contributed by atoms with Gasteiger partial charge in [0.15, 0.2) is 0 Å². The van der Waals surface area contributed by atoms with Crippen molar-refractivity contribution in [1.82, 2.24) is 0 Å². The zero-order valence-corrected chi connectivity index (χ0v) is 14.0. The van der Waals surface area contributed by atoms with E-state index in [1.807, 2.05) is 38.1 Å². The molecule has 0 aliphatic carbocycles. The number of rotatable bonds is 3. The minimum atomic E-state index is -0.0938. The molecule has 0 aromatic heterocycles. The van der Waals surface area contributed by atoms with Gasteiger partial charge in [0.1, 0.15) is 0 Å². The van der Waals surface area contributed by atoms with Crippen LogP contribution in [-0.2, 0) is 9.53 Å². The summed E-state index contributed by atoms with van der Waals surface area (Å²) in [4.78, 5) is 12.8. The van der Waals surface area contributed by atoms with E-state index < -0.39 is 0 Å². The Morgan fingerprint density at radius 2 is 1.90 bits per heavy atom. The zero-order valence-electron chi connectivity index (χ0n) is 12.4. The lowest BCUT2D eigenvalue weighted by Gasteiger charge is -2.20. The molecule has 1 aliphatic rings. The molecule has 1 aromatic carbocycles. The topological polar surface area (TPSA) is 38.3 Å². The second-order valence-electron chi connectivity index (χ2n) is 5.62. The number of alkyl halides is 1. The first-order chi connectivity index (χ1) is 9.41. The van der Waals surface area contributed by atoms with E-state index in [0.717, 1.165) is 11.3 Å². The third-order valence-corrected chi connectivity index (χ3v) is 4.69. The van der Waals surface area contributed by atoms with E-state index >= 15 is 0 Å². The molecule has 5 unspecified atom stereocenters. The number of halogens is 1. The number of hydrogen-bond donors (Lipinski definition) is 1. The first-order valence-electron chi connectivity index (χ1n) is 7.11. The number of amides is 1. The normalized spacial score (nSPS) is 31.1. The Morgan fingerprint density at radius 3 is 2.45 bits per heavy atom. The van der Waals surface area contributed by atoms with Crippen molar-refractivity contribution in [1.29, 1.82) is 0 Å². The summed E-state index contributed by atoms with van der Waals surface area (Å²) < 4.78 is 5.75. The highest BCUT2D eigenvalue weighted by Crippen LogP contribution is 2.34. The lowest BCUT2D eigenvalue weighted by atomic mass is 9.88. The maximum absolute atomic E-state index is 12.5. The molecular weight excluding hydrogens is 318 g/mol.